The predicted octanol–water partition coefficient (Wildman–Crippen LogP) is -0.240. The molecular weight excluding hydrogens is 146 g/mol. The summed E-state index contributed by atoms with van der Waals surface area (Å²) in [5.74, 6) is -0.138. The average molecular weight is 157 g/mol. The normalized spacial score (nSPS) is 11.5. The highest BCUT2D eigenvalue weighted by molar-refractivity contribution is 5.72. The van der Waals surface area contributed by atoms with Gasteiger partial charge in [-0.15, -0.1) is 0 Å². The first-order valence-electron chi connectivity index (χ1n) is 3.17. The quantitative estimate of drug-likeness (QED) is 0.334. The number of nitrogens with one attached hydrogen (secondary N) is 1. The van der Waals surface area contributed by atoms with E-state index >= 15 is 0 Å². The summed E-state index contributed by atoms with van der Waals surface area (Å²) >= 11 is 0. The Morgan fingerprint density at radius 1 is 1.91 bits per heavy atom. The molecule has 0 aromatic heterocycles. The summed E-state index contributed by atoms with van der Waals surface area (Å²) in [6.45, 7) is 1.95. The van der Waals surface area contributed by atoms with Gasteiger partial charge in [0.1, 0.15) is 0 Å². The lowest BCUT2D eigenvalue weighted by Crippen LogP contribution is -2.37. The van der Waals surface area contributed by atoms with Crippen LogP contribution >= 0.6 is 0 Å². The first kappa shape index (κ1) is 9.74. The van der Waals surface area contributed by atoms with Gasteiger partial charge in [0.2, 0.25) is 5.91 Å². The zero-order chi connectivity index (χ0) is 8.69. The molecule has 3 N–H and O–H groups in total. The molecule has 0 saturated heterocycles. The second-order valence-electron chi connectivity index (χ2n) is 2.11. The Labute approximate surface area is 64.4 Å². The topological polar surface area (TPSA) is 104 Å². The van der Waals surface area contributed by atoms with Crippen molar-refractivity contribution >= 4 is 5.91 Å². The third-order valence-electron chi connectivity index (χ3n) is 0.993. The molecular formula is C5H11N5O. The second kappa shape index (κ2) is 5.52. The van der Waals surface area contributed by atoms with Gasteiger partial charge in [-0.05, 0) is 5.53 Å². The van der Waals surface area contributed by atoms with Gasteiger partial charge < -0.3 is 11.1 Å². The Morgan fingerprint density at radius 2 is 2.55 bits per heavy atom. The zero-order valence-electron chi connectivity index (χ0n) is 6.32. The number of hydrogen-bond acceptors (Lipinski definition) is 3. The van der Waals surface area contributed by atoms with Crippen molar-refractivity contribution in [2.75, 3.05) is 13.1 Å². The van der Waals surface area contributed by atoms with Crippen LogP contribution in [0.3, 0.4) is 0 Å². The average Bonchev–Trinajstić information content (AvgIpc) is 1.97. The summed E-state index contributed by atoms with van der Waals surface area (Å²) in [7, 11) is 0. The lowest BCUT2D eigenvalue weighted by Gasteiger charge is -2.07. The number of rotatable bonds is 4. The van der Waals surface area contributed by atoms with E-state index in [9.17, 15) is 4.79 Å². The van der Waals surface area contributed by atoms with E-state index in [1.54, 1.807) is 0 Å². The van der Waals surface area contributed by atoms with Gasteiger partial charge in [-0.1, -0.05) is 5.11 Å². The molecule has 0 aromatic carbocycles. The lowest BCUT2D eigenvalue weighted by atomic mass is 10.3. The van der Waals surface area contributed by atoms with Crippen LogP contribution in [0.4, 0.5) is 0 Å². The molecule has 0 bridgehead atoms. The number of nitrogens with zero attached hydrogens (tertiary/aromatic N) is 3. The molecule has 0 rings (SSSR count). The van der Waals surface area contributed by atoms with Crippen LogP contribution in [0.15, 0.2) is 5.11 Å². The van der Waals surface area contributed by atoms with Crippen molar-refractivity contribution in [2.24, 2.45) is 10.8 Å². The minimum Gasteiger partial charge on any atom is -0.355 e. The Bertz CT molecular complexity index is 174. The Balaban J connectivity index is 3.44. The van der Waals surface area contributed by atoms with Gasteiger partial charge in [0, 0.05) is 31.0 Å². The molecule has 11 heavy (non-hydrogen) atoms. The van der Waals surface area contributed by atoms with Crippen molar-refractivity contribution in [3.05, 3.63) is 10.4 Å². The first-order valence-corrected chi connectivity index (χ1v) is 3.17. The van der Waals surface area contributed by atoms with E-state index in [4.69, 9.17) is 11.3 Å². The molecule has 1 atom stereocenters. The van der Waals surface area contributed by atoms with Crippen molar-refractivity contribution in [1.29, 1.82) is 0 Å². The molecule has 0 aliphatic heterocycles. The van der Waals surface area contributed by atoms with Gasteiger partial charge in [0.25, 0.3) is 0 Å². The standard InChI is InChI=1S/C5H11N5O/c1-4(11)8-2-5(6)3-9-10-7/h5H,2-3,6H2,1H3,(H,8,11). The van der Waals surface area contributed by atoms with Gasteiger partial charge in [-0.25, -0.2) is 0 Å². The van der Waals surface area contributed by atoms with Crippen LogP contribution in [0.5, 0.6) is 0 Å². The van der Waals surface area contributed by atoms with Crippen molar-refractivity contribution in [1.82, 2.24) is 5.32 Å². The molecule has 0 aliphatic carbocycles. The maximum atomic E-state index is 10.4. The number of nitrogens with two attached hydrogens (primary N) is 1. The van der Waals surface area contributed by atoms with Crippen molar-refractivity contribution in [3.8, 4) is 0 Å². The third-order valence-corrected chi connectivity index (χ3v) is 0.993. The highest BCUT2D eigenvalue weighted by Gasteiger charge is 1.99. The predicted molar refractivity (Wildman–Crippen MR) is 40.7 cm³/mol. The highest BCUT2D eigenvalue weighted by Crippen LogP contribution is 1.78. The molecule has 1 amide bonds. The van der Waals surface area contributed by atoms with E-state index in [1.807, 2.05) is 0 Å². The monoisotopic (exact) mass is 157 g/mol. The fourth-order valence-electron chi connectivity index (χ4n) is 0.481. The highest BCUT2D eigenvalue weighted by atomic mass is 16.1. The first-order chi connectivity index (χ1) is 5.16. The van der Waals surface area contributed by atoms with E-state index < -0.39 is 0 Å². The number of amides is 1. The Morgan fingerprint density at radius 3 is 3.00 bits per heavy atom. The zero-order valence-corrected chi connectivity index (χ0v) is 6.32. The molecule has 0 fully saturated rings. The molecule has 0 saturated carbocycles. The molecule has 6 nitrogen and oxygen atoms in total. The molecule has 0 aromatic rings. The van der Waals surface area contributed by atoms with Gasteiger partial charge in [-0.2, -0.15) is 0 Å². The molecule has 0 spiro atoms. The third kappa shape index (κ3) is 6.63. The Kier molecular flexibility index (Phi) is 4.89. The molecule has 0 radical (unpaired) electrons. The second-order valence-corrected chi connectivity index (χ2v) is 2.11. The maximum absolute atomic E-state index is 10.4. The van der Waals surface area contributed by atoms with Gasteiger partial charge in [-0.3, -0.25) is 4.79 Å². The lowest BCUT2D eigenvalue weighted by molar-refractivity contribution is -0.119. The minimum absolute atomic E-state index is 0.138. The van der Waals surface area contributed by atoms with Crippen molar-refractivity contribution in [3.63, 3.8) is 0 Å². The van der Waals surface area contributed by atoms with Crippen LogP contribution in [-0.4, -0.2) is 25.0 Å². The molecule has 62 valence electrons. The van der Waals surface area contributed by atoms with Crippen LogP contribution in [0.2, 0.25) is 0 Å². The maximum Gasteiger partial charge on any atom is 0.216 e. The van der Waals surface area contributed by atoms with E-state index in [0.29, 0.717) is 6.54 Å². The fraction of sp³-hybridized carbons (Fsp3) is 0.800. The molecule has 1 unspecified atom stereocenters. The van der Waals surface area contributed by atoms with Crippen molar-refractivity contribution < 1.29 is 4.79 Å². The Hall–Kier alpha value is -1.26. The molecule has 6 heteroatoms. The summed E-state index contributed by atoms with van der Waals surface area (Å²) in [5.41, 5.74) is 13.3. The summed E-state index contributed by atoms with van der Waals surface area (Å²) in [5, 5.41) is 5.76. The van der Waals surface area contributed by atoms with E-state index in [1.165, 1.54) is 6.92 Å². The summed E-state index contributed by atoms with van der Waals surface area (Å²) in [4.78, 5) is 12.9. The van der Waals surface area contributed by atoms with Crippen LogP contribution in [0.1, 0.15) is 6.92 Å². The summed E-state index contributed by atoms with van der Waals surface area (Å²) in [6, 6.07) is -0.296. The minimum atomic E-state index is -0.296. The van der Waals surface area contributed by atoms with Crippen LogP contribution in [-0.2, 0) is 4.79 Å². The van der Waals surface area contributed by atoms with Gasteiger partial charge in [0.05, 0.1) is 0 Å². The molecule has 0 aliphatic rings. The van der Waals surface area contributed by atoms with Crippen LogP contribution in [0.25, 0.3) is 10.4 Å². The number of carbonyl (C=O) groups excluding carboxylic acids is 1. The molecule has 0 heterocycles. The smallest absolute Gasteiger partial charge is 0.216 e. The SMILES string of the molecule is CC(=O)NCC(N)CN=[N+]=[N-]. The van der Waals surface area contributed by atoms with Crippen LogP contribution < -0.4 is 11.1 Å². The van der Waals surface area contributed by atoms with Crippen molar-refractivity contribution in [2.45, 2.75) is 13.0 Å². The van der Waals surface area contributed by atoms with E-state index in [-0.39, 0.29) is 18.5 Å². The largest absolute Gasteiger partial charge is 0.355 e. The van der Waals surface area contributed by atoms with Gasteiger partial charge in [0.15, 0.2) is 0 Å². The number of azide groups is 1. The summed E-state index contributed by atoms with van der Waals surface area (Å²) < 4.78 is 0. The number of carbonyl (C=O) groups is 1. The number of hydrogen-bond donors (Lipinski definition) is 2. The fourth-order valence-corrected chi connectivity index (χ4v) is 0.481. The van der Waals surface area contributed by atoms with E-state index in [2.05, 4.69) is 15.3 Å². The van der Waals surface area contributed by atoms with Gasteiger partial charge >= 0.3 is 0 Å². The van der Waals surface area contributed by atoms with Crippen LogP contribution in [0, 0.1) is 0 Å². The van der Waals surface area contributed by atoms with E-state index in [0.717, 1.165) is 0 Å². The summed E-state index contributed by atoms with van der Waals surface area (Å²) in [6.07, 6.45) is 0.